The second-order valence-electron chi connectivity index (χ2n) is 9.25. The number of amides is 1. The average Bonchev–Trinajstić information content (AvgIpc) is 3.34. The van der Waals surface area contributed by atoms with Crippen molar-refractivity contribution in [3.8, 4) is 0 Å². The van der Waals surface area contributed by atoms with Crippen molar-refractivity contribution < 1.29 is 14.0 Å². The molecule has 180 valence electrons. The summed E-state index contributed by atoms with van der Waals surface area (Å²) < 4.78 is 13.5. The molecule has 0 saturated carbocycles. The van der Waals surface area contributed by atoms with Crippen molar-refractivity contribution in [2.45, 2.75) is 57.4 Å². The summed E-state index contributed by atoms with van der Waals surface area (Å²) in [6, 6.07) is 17.8. The topological polar surface area (TPSA) is 49.4 Å². The molecule has 2 aliphatic rings. The number of fused-ring (bicyclic) bond motifs is 1. The summed E-state index contributed by atoms with van der Waals surface area (Å²) in [5, 5.41) is 5.54. The highest BCUT2D eigenvalue weighted by atomic mass is 32.1. The van der Waals surface area contributed by atoms with E-state index in [0.717, 1.165) is 46.8 Å². The van der Waals surface area contributed by atoms with Gasteiger partial charge in [-0.25, -0.2) is 4.39 Å². The van der Waals surface area contributed by atoms with Gasteiger partial charge in [0, 0.05) is 29.0 Å². The van der Waals surface area contributed by atoms with Crippen molar-refractivity contribution in [2.24, 2.45) is 0 Å². The minimum Gasteiger partial charge on any atom is -0.357 e. The first kappa shape index (κ1) is 23.5. The van der Waals surface area contributed by atoms with Crippen LogP contribution in [-0.4, -0.2) is 11.7 Å². The number of Topliss-reactive ketones (excluding diaryl/α,β-unsaturated/α-hetero) is 1. The number of nitrogens with one attached hydrogen (secondary N) is 1. The number of benzene rings is 2. The molecule has 2 unspecified atom stereocenters. The fourth-order valence-corrected chi connectivity index (χ4v) is 6.02. The van der Waals surface area contributed by atoms with Crippen molar-refractivity contribution in [2.75, 3.05) is 10.2 Å². The van der Waals surface area contributed by atoms with Gasteiger partial charge in [0.15, 0.2) is 5.78 Å². The standard InChI is InChI=1S/C29H29FN2O2S/c1-2-3-4-11-27(34)32-24-9-6-5-8-22(24)31-23-17-20(19-12-14-21(30)15-13-19)18-25(33)28(23)29(32)26-10-7-16-35-26/h5-10,12-16,20,29,31H,2-4,11,17-18H2,1H3. The minimum atomic E-state index is -0.461. The third-order valence-electron chi connectivity index (χ3n) is 6.91. The van der Waals surface area contributed by atoms with Crippen molar-refractivity contribution >= 4 is 34.4 Å². The highest BCUT2D eigenvalue weighted by Crippen LogP contribution is 2.48. The van der Waals surface area contributed by atoms with Gasteiger partial charge in [0.05, 0.1) is 11.4 Å². The molecule has 0 bridgehead atoms. The number of ketones is 1. The van der Waals surface area contributed by atoms with Gasteiger partial charge in [-0.15, -0.1) is 11.3 Å². The van der Waals surface area contributed by atoms with Crippen molar-refractivity contribution in [3.63, 3.8) is 0 Å². The maximum absolute atomic E-state index is 13.8. The summed E-state index contributed by atoms with van der Waals surface area (Å²) in [6.45, 7) is 2.12. The molecule has 0 fully saturated rings. The van der Waals surface area contributed by atoms with Gasteiger partial charge in [0.25, 0.3) is 0 Å². The maximum atomic E-state index is 13.8. The van der Waals surface area contributed by atoms with Crippen molar-refractivity contribution in [1.82, 2.24) is 0 Å². The van der Waals surface area contributed by atoms with E-state index in [1.165, 1.54) is 12.1 Å². The lowest BCUT2D eigenvalue weighted by molar-refractivity contribution is -0.119. The summed E-state index contributed by atoms with van der Waals surface area (Å²) in [4.78, 5) is 30.4. The zero-order valence-corrected chi connectivity index (χ0v) is 20.6. The molecule has 2 heterocycles. The van der Waals surface area contributed by atoms with E-state index < -0.39 is 6.04 Å². The highest BCUT2D eigenvalue weighted by molar-refractivity contribution is 7.10. The Morgan fingerprint density at radius 3 is 2.60 bits per heavy atom. The van der Waals surface area contributed by atoms with Crippen LogP contribution in [0.3, 0.4) is 0 Å². The number of hydrogen-bond acceptors (Lipinski definition) is 4. The van der Waals surface area contributed by atoms with Crippen LogP contribution in [0.5, 0.6) is 0 Å². The third kappa shape index (κ3) is 4.67. The Morgan fingerprint density at radius 2 is 1.86 bits per heavy atom. The Labute approximate surface area is 209 Å². The van der Waals surface area contributed by atoms with Gasteiger partial charge in [0.2, 0.25) is 5.91 Å². The fraction of sp³-hybridized carbons (Fsp3) is 0.310. The van der Waals surface area contributed by atoms with E-state index in [9.17, 15) is 14.0 Å². The van der Waals surface area contributed by atoms with E-state index in [4.69, 9.17) is 0 Å². The number of para-hydroxylation sites is 2. The molecule has 35 heavy (non-hydrogen) atoms. The second kappa shape index (κ2) is 10.2. The average molecular weight is 489 g/mol. The lowest BCUT2D eigenvalue weighted by Gasteiger charge is -2.34. The summed E-state index contributed by atoms with van der Waals surface area (Å²) in [6.07, 6.45) is 4.26. The predicted octanol–water partition coefficient (Wildman–Crippen LogP) is 7.37. The molecule has 1 aliphatic heterocycles. The van der Waals surface area contributed by atoms with Gasteiger partial charge in [-0.2, -0.15) is 0 Å². The maximum Gasteiger partial charge on any atom is 0.227 e. The molecule has 3 aromatic rings. The Hall–Kier alpha value is -3.25. The normalized spacial score (nSPS) is 19.6. The molecule has 1 N–H and O–H groups in total. The molecule has 5 rings (SSSR count). The molecule has 0 radical (unpaired) electrons. The van der Waals surface area contributed by atoms with E-state index in [-0.39, 0.29) is 23.4 Å². The lowest BCUT2D eigenvalue weighted by atomic mass is 9.79. The summed E-state index contributed by atoms with van der Waals surface area (Å²) >= 11 is 1.57. The minimum absolute atomic E-state index is 0.0330. The van der Waals surface area contributed by atoms with Crippen LogP contribution >= 0.6 is 11.3 Å². The van der Waals surface area contributed by atoms with Crippen molar-refractivity contribution in [1.29, 1.82) is 0 Å². The van der Waals surface area contributed by atoms with Crippen LogP contribution in [0.4, 0.5) is 15.8 Å². The molecular weight excluding hydrogens is 459 g/mol. The largest absolute Gasteiger partial charge is 0.357 e. The van der Waals surface area contributed by atoms with Crippen LogP contribution < -0.4 is 10.2 Å². The quantitative estimate of drug-likeness (QED) is 0.369. The van der Waals surface area contributed by atoms with Gasteiger partial charge in [-0.1, -0.05) is 50.1 Å². The zero-order chi connectivity index (χ0) is 24.4. The molecule has 1 aliphatic carbocycles. The first-order valence-electron chi connectivity index (χ1n) is 12.3. The Bertz CT molecular complexity index is 1250. The molecular formula is C29H29FN2O2S. The van der Waals surface area contributed by atoms with Gasteiger partial charge in [-0.05, 0) is 60.0 Å². The van der Waals surface area contributed by atoms with Crippen LogP contribution in [-0.2, 0) is 9.59 Å². The van der Waals surface area contributed by atoms with Crippen LogP contribution in [0.25, 0.3) is 0 Å². The van der Waals surface area contributed by atoms with Gasteiger partial charge in [0.1, 0.15) is 11.9 Å². The first-order chi connectivity index (χ1) is 17.1. The molecule has 6 heteroatoms. The molecule has 4 nitrogen and oxygen atoms in total. The summed E-state index contributed by atoms with van der Waals surface area (Å²) in [5.74, 6) is -0.261. The molecule has 2 atom stereocenters. The molecule has 2 aromatic carbocycles. The van der Waals surface area contributed by atoms with Gasteiger partial charge >= 0.3 is 0 Å². The Morgan fingerprint density at radius 1 is 1.06 bits per heavy atom. The molecule has 0 spiro atoms. The van der Waals surface area contributed by atoms with Crippen LogP contribution in [0.15, 0.2) is 77.3 Å². The van der Waals surface area contributed by atoms with E-state index in [1.807, 2.05) is 46.7 Å². The number of anilines is 2. The number of halogens is 1. The van der Waals surface area contributed by atoms with Crippen LogP contribution in [0, 0.1) is 5.82 Å². The molecule has 1 amide bonds. The number of thiophene rings is 1. The SMILES string of the molecule is CCCCCC(=O)N1c2ccccc2NC2=C(C(=O)CC(c3ccc(F)cc3)C2)C1c1cccs1. The van der Waals surface area contributed by atoms with Crippen LogP contribution in [0.1, 0.15) is 67.8 Å². The van der Waals surface area contributed by atoms with Gasteiger partial charge in [-0.3, -0.25) is 14.5 Å². The van der Waals surface area contributed by atoms with E-state index >= 15 is 0 Å². The second-order valence-corrected chi connectivity index (χ2v) is 10.2. The van der Waals surface area contributed by atoms with E-state index in [1.54, 1.807) is 23.5 Å². The number of rotatable bonds is 6. The molecule has 0 saturated heterocycles. The number of carbonyl (C=O) groups excluding carboxylic acids is 2. The first-order valence-corrected chi connectivity index (χ1v) is 13.2. The van der Waals surface area contributed by atoms with E-state index in [0.29, 0.717) is 24.8 Å². The van der Waals surface area contributed by atoms with E-state index in [2.05, 4.69) is 12.2 Å². The fourth-order valence-electron chi connectivity index (χ4n) is 5.20. The summed E-state index contributed by atoms with van der Waals surface area (Å²) in [5.41, 5.74) is 4.10. The Kier molecular flexibility index (Phi) is 6.82. The lowest BCUT2D eigenvalue weighted by Crippen LogP contribution is -2.38. The summed E-state index contributed by atoms with van der Waals surface area (Å²) in [7, 11) is 0. The highest BCUT2D eigenvalue weighted by Gasteiger charge is 2.41. The van der Waals surface area contributed by atoms with Crippen LogP contribution in [0.2, 0.25) is 0 Å². The van der Waals surface area contributed by atoms with Crippen molar-refractivity contribution in [3.05, 3.63) is 93.6 Å². The zero-order valence-electron chi connectivity index (χ0n) is 19.8. The number of carbonyl (C=O) groups is 2. The smallest absolute Gasteiger partial charge is 0.227 e. The number of hydrogen-bond donors (Lipinski definition) is 1. The number of nitrogens with zero attached hydrogens (tertiary/aromatic N) is 1. The number of unbranched alkanes of at least 4 members (excludes halogenated alkanes) is 2. The van der Waals surface area contributed by atoms with Gasteiger partial charge < -0.3 is 5.32 Å². The molecule has 1 aromatic heterocycles. The Balaban J connectivity index is 1.62. The predicted molar refractivity (Wildman–Crippen MR) is 139 cm³/mol. The third-order valence-corrected chi connectivity index (χ3v) is 7.83. The monoisotopic (exact) mass is 488 g/mol. The number of allylic oxidation sites excluding steroid dienone is 1.